The molecule has 3 nitrogen and oxygen atoms in total. The molecule has 42 heavy (non-hydrogen) atoms. The monoisotopic (exact) mass is 554 g/mol. The Hall–Kier alpha value is -5.32. The highest BCUT2D eigenvalue weighted by Gasteiger charge is 2.13. The Labute approximate surface area is 244 Å². The fourth-order valence-corrected chi connectivity index (χ4v) is 7.48. The predicted octanol–water partition coefficient (Wildman–Crippen LogP) is 9.86. The molecule has 4 heteroatoms. The lowest BCUT2D eigenvalue weighted by Crippen LogP contribution is -2.11. The van der Waals surface area contributed by atoms with Crippen LogP contribution in [0.1, 0.15) is 0 Å². The van der Waals surface area contributed by atoms with Gasteiger partial charge in [0.1, 0.15) is 0 Å². The summed E-state index contributed by atoms with van der Waals surface area (Å²) in [5.41, 5.74) is 6.21. The first-order chi connectivity index (χ1) is 20.7. The Morgan fingerprint density at radius 2 is 1.02 bits per heavy atom. The largest absolute Gasteiger partial charge is 0.268 e. The summed E-state index contributed by atoms with van der Waals surface area (Å²) in [5, 5.41) is 8.36. The quantitative estimate of drug-likeness (QED) is 0.199. The van der Waals surface area contributed by atoms with Crippen LogP contribution in [-0.4, -0.2) is 9.38 Å². The van der Waals surface area contributed by atoms with Gasteiger partial charge in [0.15, 0.2) is 4.96 Å². The number of hydrogen-bond acceptors (Lipinski definition) is 3. The summed E-state index contributed by atoms with van der Waals surface area (Å²) >= 11 is 1.56. The van der Waals surface area contributed by atoms with Crippen molar-refractivity contribution in [1.29, 1.82) is 0 Å². The van der Waals surface area contributed by atoms with Gasteiger partial charge in [-0.15, -0.1) is 0 Å². The fraction of sp³-hybridized carbons (Fsp3) is 0. The van der Waals surface area contributed by atoms with Gasteiger partial charge in [-0.3, -0.25) is 4.79 Å². The van der Waals surface area contributed by atoms with E-state index in [9.17, 15) is 4.79 Å². The van der Waals surface area contributed by atoms with Gasteiger partial charge >= 0.3 is 0 Å². The molecule has 7 aromatic carbocycles. The molecule has 2 heterocycles. The standard InChI is InChI=1S/C38H22N2OS/c41-37-32-19-17-26(22-36(32)42-38-39-34-14-5-6-15-35(34)40(37)38)24-9-7-8-23(20-24)25-16-18-31-29-12-2-1-10-27(29)28-11-3-4-13-30(28)33(31)21-25/h1-22H. The number of para-hydroxylation sites is 2. The normalized spacial score (nSPS) is 11.9. The molecular weight excluding hydrogens is 532 g/mol. The van der Waals surface area contributed by atoms with Crippen molar-refractivity contribution in [2.75, 3.05) is 0 Å². The molecule has 0 aliphatic carbocycles. The zero-order chi connectivity index (χ0) is 27.8. The summed E-state index contributed by atoms with van der Waals surface area (Å²) in [6, 6.07) is 46.8. The molecule has 0 bridgehead atoms. The number of nitrogens with zero attached hydrogens (tertiary/aromatic N) is 2. The smallest absolute Gasteiger partial charge is 0.266 e. The van der Waals surface area contributed by atoms with Crippen LogP contribution in [0.15, 0.2) is 138 Å². The van der Waals surface area contributed by atoms with Crippen molar-refractivity contribution in [2.45, 2.75) is 0 Å². The molecule has 0 aliphatic rings. The van der Waals surface area contributed by atoms with Crippen molar-refractivity contribution in [3.63, 3.8) is 0 Å². The molecule has 0 radical (unpaired) electrons. The van der Waals surface area contributed by atoms with E-state index in [0.29, 0.717) is 5.39 Å². The maximum absolute atomic E-state index is 13.5. The van der Waals surface area contributed by atoms with Crippen LogP contribution in [0.2, 0.25) is 0 Å². The van der Waals surface area contributed by atoms with Crippen LogP contribution in [0.25, 0.3) is 80.7 Å². The molecule has 2 aromatic heterocycles. The van der Waals surface area contributed by atoms with E-state index < -0.39 is 0 Å². The van der Waals surface area contributed by atoms with Gasteiger partial charge in [0.2, 0.25) is 0 Å². The highest BCUT2D eigenvalue weighted by molar-refractivity contribution is 7.23. The van der Waals surface area contributed by atoms with Gasteiger partial charge in [-0.1, -0.05) is 108 Å². The Morgan fingerprint density at radius 3 is 1.74 bits per heavy atom. The van der Waals surface area contributed by atoms with Crippen molar-refractivity contribution >= 4 is 69.7 Å². The van der Waals surface area contributed by atoms with Gasteiger partial charge in [0.05, 0.1) is 16.4 Å². The van der Waals surface area contributed by atoms with Gasteiger partial charge < -0.3 is 0 Å². The molecule has 0 fully saturated rings. The molecule has 0 spiro atoms. The SMILES string of the molecule is O=c1c2ccc(-c3cccc(-c4ccc5c6ccccc6c6ccccc6c5c4)c3)cc2sc2nc3ccccc3n12. The first-order valence-corrected chi connectivity index (χ1v) is 14.8. The first-order valence-electron chi connectivity index (χ1n) is 14.0. The maximum Gasteiger partial charge on any atom is 0.266 e. The van der Waals surface area contributed by atoms with Crippen LogP contribution in [-0.2, 0) is 0 Å². The average Bonchev–Trinajstić information content (AvgIpc) is 3.43. The fourth-order valence-electron chi connectivity index (χ4n) is 6.42. The van der Waals surface area contributed by atoms with Crippen LogP contribution >= 0.6 is 11.3 Å². The number of imidazole rings is 1. The molecule has 9 aromatic rings. The van der Waals surface area contributed by atoms with E-state index in [1.165, 1.54) is 37.9 Å². The molecule has 9 rings (SSSR count). The van der Waals surface area contributed by atoms with Gasteiger partial charge in [0.25, 0.3) is 5.56 Å². The molecule has 0 saturated heterocycles. The van der Waals surface area contributed by atoms with E-state index in [1.54, 1.807) is 15.7 Å². The third-order valence-corrected chi connectivity index (χ3v) is 9.43. The van der Waals surface area contributed by atoms with E-state index in [2.05, 4.69) is 103 Å². The third-order valence-electron chi connectivity index (χ3n) is 8.42. The average molecular weight is 555 g/mol. The second kappa shape index (κ2) is 8.84. The third kappa shape index (κ3) is 3.39. The van der Waals surface area contributed by atoms with Crippen molar-refractivity contribution in [2.24, 2.45) is 0 Å². The predicted molar refractivity (Wildman–Crippen MR) is 178 cm³/mol. The van der Waals surface area contributed by atoms with Gasteiger partial charge in [0, 0.05) is 4.70 Å². The van der Waals surface area contributed by atoms with Crippen LogP contribution in [0.3, 0.4) is 0 Å². The minimum absolute atomic E-state index is 0.0244. The van der Waals surface area contributed by atoms with Crippen LogP contribution in [0.5, 0.6) is 0 Å². The van der Waals surface area contributed by atoms with Crippen molar-refractivity contribution in [1.82, 2.24) is 9.38 Å². The highest BCUT2D eigenvalue weighted by Crippen LogP contribution is 2.38. The first kappa shape index (κ1) is 23.4. The van der Waals surface area contributed by atoms with Crippen LogP contribution in [0, 0.1) is 0 Å². The topological polar surface area (TPSA) is 34.4 Å². The molecule has 0 amide bonds. The number of fused-ring (bicyclic) bond motifs is 10. The van der Waals surface area contributed by atoms with Crippen molar-refractivity contribution < 1.29 is 0 Å². The number of rotatable bonds is 2. The highest BCUT2D eigenvalue weighted by atomic mass is 32.1. The van der Waals surface area contributed by atoms with E-state index in [1.807, 2.05) is 30.3 Å². The summed E-state index contributed by atoms with van der Waals surface area (Å²) in [6.45, 7) is 0. The summed E-state index contributed by atoms with van der Waals surface area (Å²) in [4.78, 5) is 18.9. The lowest BCUT2D eigenvalue weighted by molar-refractivity contribution is 1.20. The minimum atomic E-state index is -0.0244. The zero-order valence-corrected chi connectivity index (χ0v) is 23.2. The summed E-state index contributed by atoms with van der Waals surface area (Å²) in [6.07, 6.45) is 0. The zero-order valence-electron chi connectivity index (χ0n) is 22.4. The second-order valence-electron chi connectivity index (χ2n) is 10.8. The van der Waals surface area contributed by atoms with Crippen LogP contribution < -0.4 is 5.56 Å². The van der Waals surface area contributed by atoms with Crippen molar-refractivity contribution in [3.05, 3.63) is 144 Å². The summed E-state index contributed by atoms with van der Waals surface area (Å²) in [7, 11) is 0. The van der Waals surface area contributed by atoms with E-state index >= 15 is 0 Å². The van der Waals surface area contributed by atoms with E-state index in [0.717, 1.165) is 37.4 Å². The molecule has 0 atom stereocenters. The van der Waals surface area contributed by atoms with Crippen molar-refractivity contribution in [3.8, 4) is 22.3 Å². The molecule has 0 N–H and O–H groups in total. The second-order valence-corrected chi connectivity index (χ2v) is 11.8. The van der Waals surface area contributed by atoms with Gasteiger partial charge in [-0.05, 0) is 91.0 Å². The number of benzene rings is 7. The minimum Gasteiger partial charge on any atom is -0.268 e. The molecule has 196 valence electrons. The molecule has 0 aliphatic heterocycles. The molecule has 0 unspecified atom stereocenters. The summed E-state index contributed by atoms with van der Waals surface area (Å²) < 4.78 is 2.67. The number of hydrogen-bond donors (Lipinski definition) is 0. The molecule has 0 saturated carbocycles. The Balaban J connectivity index is 1.20. The van der Waals surface area contributed by atoms with Crippen LogP contribution in [0.4, 0.5) is 0 Å². The van der Waals surface area contributed by atoms with E-state index in [-0.39, 0.29) is 5.56 Å². The Morgan fingerprint density at radius 1 is 0.476 bits per heavy atom. The Bertz CT molecular complexity index is 2580. The van der Waals surface area contributed by atoms with Gasteiger partial charge in [-0.25, -0.2) is 9.38 Å². The van der Waals surface area contributed by atoms with E-state index in [4.69, 9.17) is 4.98 Å². The lowest BCUT2D eigenvalue weighted by Gasteiger charge is -2.12. The summed E-state index contributed by atoms with van der Waals surface area (Å²) in [5.74, 6) is 0. The lowest BCUT2D eigenvalue weighted by atomic mass is 9.91. The number of aromatic nitrogens is 2. The van der Waals surface area contributed by atoms with Gasteiger partial charge in [-0.2, -0.15) is 0 Å². The Kier molecular flexibility index (Phi) is 4.92. The molecular formula is C38H22N2OS. The maximum atomic E-state index is 13.5.